The van der Waals surface area contributed by atoms with Gasteiger partial charge in [0.2, 0.25) is 0 Å². The van der Waals surface area contributed by atoms with Crippen molar-refractivity contribution in [3.8, 4) is 11.3 Å². The Bertz CT molecular complexity index is 714. The lowest BCUT2D eigenvalue weighted by Crippen LogP contribution is -2.17. The van der Waals surface area contributed by atoms with Crippen LogP contribution in [0.25, 0.3) is 11.3 Å². The minimum Gasteiger partial charge on any atom is -0.469 e. The molecule has 0 fully saturated rings. The number of aromatic nitrogens is 2. The van der Waals surface area contributed by atoms with Crippen LogP contribution in [0.5, 0.6) is 0 Å². The van der Waals surface area contributed by atoms with Crippen LogP contribution in [-0.4, -0.2) is 37.1 Å². The molecule has 0 saturated carbocycles. The van der Waals surface area contributed by atoms with Gasteiger partial charge in [-0.15, -0.1) is 0 Å². The topological polar surface area (TPSA) is 55.3 Å². The molecule has 0 aliphatic heterocycles. The molecule has 0 aliphatic carbocycles. The minimum absolute atomic E-state index is 0.244. The fraction of sp³-hybridized carbons (Fsp3) is 0.421. The summed E-state index contributed by atoms with van der Waals surface area (Å²) in [6, 6.07) is 6.23. The Kier molecular flexibility index (Phi) is 5.90. The highest BCUT2D eigenvalue weighted by atomic mass is 16.5. The van der Waals surface area contributed by atoms with Gasteiger partial charge in [0, 0.05) is 37.1 Å². The Hall–Kier alpha value is -2.43. The van der Waals surface area contributed by atoms with Gasteiger partial charge in [-0.2, -0.15) is 0 Å². The van der Waals surface area contributed by atoms with Crippen LogP contribution in [0.15, 0.2) is 30.7 Å². The van der Waals surface area contributed by atoms with Crippen molar-refractivity contribution in [2.45, 2.75) is 32.6 Å². The Morgan fingerprint density at radius 2 is 2.08 bits per heavy atom. The lowest BCUT2D eigenvalue weighted by atomic mass is 9.91. The molecule has 5 heteroatoms. The van der Waals surface area contributed by atoms with Crippen LogP contribution < -0.4 is 4.90 Å². The highest BCUT2D eigenvalue weighted by Gasteiger charge is 2.26. The van der Waals surface area contributed by atoms with Crippen LogP contribution in [0.4, 0.5) is 5.69 Å². The van der Waals surface area contributed by atoms with Gasteiger partial charge in [0.05, 0.1) is 18.7 Å². The van der Waals surface area contributed by atoms with E-state index < -0.39 is 0 Å². The fourth-order valence-electron chi connectivity index (χ4n) is 2.86. The van der Waals surface area contributed by atoms with E-state index in [0.29, 0.717) is 6.42 Å². The molecule has 1 heterocycles. The zero-order valence-corrected chi connectivity index (χ0v) is 15.0. The second-order valence-corrected chi connectivity index (χ2v) is 6.11. The Morgan fingerprint density at radius 3 is 2.71 bits per heavy atom. The van der Waals surface area contributed by atoms with E-state index in [0.717, 1.165) is 28.9 Å². The summed E-state index contributed by atoms with van der Waals surface area (Å²) < 4.78 is 5.00. The normalized spacial score (nSPS) is 11.9. The molecule has 0 N–H and O–H groups in total. The Balaban J connectivity index is 2.63. The van der Waals surface area contributed by atoms with Crippen LogP contribution in [0.1, 0.15) is 36.8 Å². The zero-order chi connectivity index (χ0) is 17.7. The number of ether oxygens (including phenoxy) is 1. The first kappa shape index (κ1) is 17.9. The van der Waals surface area contributed by atoms with Gasteiger partial charge in [0.15, 0.2) is 0 Å². The molecule has 1 aromatic carbocycles. The van der Waals surface area contributed by atoms with Crippen LogP contribution in [0, 0.1) is 6.92 Å². The van der Waals surface area contributed by atoms with Crippen molar-refractivity contribution in [2.24, 2.45) is 0 Å². The number of hydrogen-bond donors (Lipinski definition) is 0. The predicted octanol–water partition coefficient (Wildman–Crippen LogP) is 3.57. The smallest absolute Gasteiger partial charge is 0.313 e. The fourth-order valence-corrected chi connectivity index (χ4v) is 2.86. The van der Waals surface area contributed by atoms with Gasteiger partial charge in [-0.3, -0.25) is 4.79 Å². The van der Waals surface area contributed by atoms with Crippen molar-refractivity contribution in [2.75, 3.05) is 26.1 Å². The minimum atomic E-state index is -0.354. The average molecular weight is 327 g/mol. The van der Waals surface area contributed by atoms with E-state index in [-0.39, 0.29) is 11.9 Å². The zero-order valence-electron chi connectivity index (χ0n) is 15.0. The predicted molar refractivity (Wildman–Crippen MR) is 96.2 cm³/mol. The summed E-state index contributed by atoms with van der Waals surface area (Å²) in [5, 5.41) is 0. The molecule has 0 spiro atoms. The standard InChI is InChI=1S/C19H25N3O2/c1-6-7-14(19(23)24-5)16-11-20-12-21-18(16)15-9-8-13(2)10-17(15)22(3)4/h8-12,14H,6-7H2,1-5H3. The number of esters is 1. The second-order valence-electron chi connectivity index (χ2n) is 6.11. The van der Waals surface area contributed by atoms with Crippen molar-refractivity contribution >= 4 is 11.7 Å². The van der Waals surface area contributed by atoms with E-state index in [9.17, 15) is 4.79 Å². The van der Waals surface area contributed by atoms with E-state index in [2.05, 4.69) is 46.9 Å². The van der Waals surface area contributed by atoms with Gasteiger partial charge in [0.1, 0.15) is 6.33 Å². The summed E-state index contributed by atoms with van der Waals surface area (Å²) in [4.78, 5) is 23.0. The van der Waals surface area contributed by atoms with E-state index in [1.54, 1.807) is 6.20 Å². The van der Waals surface area contributed by atoms with Crippen LogP contribution in [0.2, 0.25) is 0 Å². The first-order valence-corrected chi connectivity index (χ1v) is 8.15. The third-order valence-electron chi connectivity index (χ3n) is 4.07. The molecule has 0 radical (unpaired) electrons. The highest BCUT2D eigenvalue weighted by Crippen LogP contribution is 2.35. The van der Waals surface area contributed by atoms with E-state index in [4.69, 9.17) is 4.74 Å². The number of methoxy groups -OCH3 is 1. The van der Waals surface area contributed by atoms with Gasteiger partial charge >= 0.3 is 5.97 Å². The molecule has 24 heavy (non-hydrogen) atoms. The number of hydrogen-bond acceptors (Lipinski definition) is 5. The van der Waals surface area contributed by atoms with Crippen LogP contribution >= 0.6 is 0 Å². The number of benzene rings is 1. The summed E-state index contributed by atoms with van der Waals surface area (Å²) in [6.45, 7) is 4.11. The Labute approximate surface area is 143 Å². The number of nitrogens with zero attached hydrogens (tertiary/aromatic N) is 3. The third-order valence-corrected chi connectivity index (χ3v) is 4.07. The SMILES string of the molecule is CCCC(C(=O)OC)c1cncnc1-c1ccc(C)cc1N(C)C. The molecule has 2 rings (SSSR count). The number of carbonyl (C=O) groups excluding carboxylic acids is 1. The molecule has 128 valence electrons. The lowest BCUT2D eigenvalue weighted by Gasteiger charge is -2.21. The molecule has 5 nitrogen and oxygen atoms in total. The molecule has 0 aliphatic rings. The Morgan fingerprint density at radius 1 is 1.33 bits per heavy atom. The van der Waals surface area contributed by atoms with Gasteiger partial charge in [-0.1, -0.05) is 25.5 Å². The van der Waals surface area contributed by atoms with Gasteiger partial charge < -0.3 is 9.64 Å². The number of aryl methyl sites for hydroxylation is 1. The number of carbonyl (C=O) groups is 1. The van der Waals surface area contributed by atoms with Crippen LogP contribution in [-0.2, 0) is 9.53 Å². The number of anilines is 1. The van der Waals surface area contributed by atoms with Crippen molar-refractivity contribution in [3.05, 3.63) is 41.9 Å². The van der Waals surface area contributed by atoms with Crippen molar-refractivity contribution in [3.63, 3.8) is 0 Å². The summed E-state index contributed by atoms with van der Waals surface area (Å²) in [7, 11) is 5.43. The molecule has 0 saturated heterocycles. The van der Waals surface area contributed by atoms with Crippen molar-refractivity contribution in [1.82, 2.24) is 9.97 Å². The maximum atomic E-state index is 12.3. The van der Waals surface area contributed by atoms with Gasteiger partial charge in [-0.05, 0) is 25.0 Å². The maximum Gasteiger partial charge on any atom is 0.313 e. The monoisotopic (exact) mass is 327 g/mol. The summed E-state index contributed by atoms with van der Waals surface area (Å²) in [6.07, 6.45) is 4.84. The van der Waals surface area contributed by atoms with Crippen molar-refractivity contribution < 1.29 is 9.53 Å². The molecule has 2 aromatic rings. The number of rotatable bonds is 6. The molecular formula is C19H25N3O2. The molecule has 1 aromatic heterocycles. The molecule has 1 unspecified atom stereocenters. The molecule has 0 bridgehead atoms. The largest absolute Gasteiger partial charge is 0.469 e. The quantitative estimate of drug-likeness (QED) is 0.759. The lowest BCUT2D eigenvalue weighted by molar-refractivity contribution is -0.142. The van der Waals surface area contributed by atoms with Gasteiger partial charge in [0.25, 0.3) is 0 Å². The van der Waals surface area contributed by atoms with Crippen molar-refractivity contribution in [1.29, 1.82) is 0 Å². The highest BCUT2D eigenvalue weighted by molar-refractivity contribution is 5.84. The molecule has 0 amide bonds. The molecular weight excluding hydrogens is 302 g/mol. The van der Waals surface area contributed by atoms with Gasteiger partial charge in [-0.25, -0.2) is 9.97 Å². The van der Waals surface area contributed by atoms with E-state index >= 15 is 0 Å². The average Bonchev–Trinajstić information content (AvgIpc) is 2.59. The maximum absolute atomic E-state index is 12.3. The first-order valence-electron chi connectivity index (χ1n) is 8.15. The van der Waals surface area contributed by atoms with Crippen LogP contribution in [0.3, 0.4) is 0 Å². The summed E-state index contributed by atoms with van der Waals surface area (Å²) in [5.41, 5.74) is 4.84. The second kappa shape index (κ2) is 7.90. The van der Waals surface area contributed by atoms with E-state index in [1.165, 1.54) is 19.0 Å². The third kappa shape index (κ3) is 3.72. The summed E-state index contributed by atoms with van der Waals surface area (Å²) >= 11 is 0. The van der Waals surface area contributed by atoms with E-state index in [1.807, 2.05) is 14.1 Å². The first-order chi connectivity index (χ1) is 11.5. The molecule has 1 atom stereocenters. The summed E-state index contributed by atoms with van der Waals surface area (Å²) in [5.74, 6) is -0.598.